The number of non-ortho nitro benzene ring substituents is 1. The highest BCUT2D eigenvalue weighted by molar-refractivity contribution is 6.53. The first-order valence-corrected chi connectivity index (χ1v) is 6.80. The summed E-state index contributed by atoms with van der Waals surface area (Å²) in [5.74, 6) is -1.90. The van der Waals surface area contributed by atoms with Gasteiger partial charge in [-0.05, 0) is 13.0 Å². The summed E-state index contributed by atoms with van der Waals surface area (Å²) in [6.07, 6.45) is -1.91. The SMILES string of the molecule is CC=CCN1C(=O)C(=N)N(c2cc([N+](=O)[O-])cc(C(F)(F)F)c2)C1=O. The fourth-order valence-corrected chi connectivity index (χ4v) is 2.13. The average molecular weight is 356 g/mol. The van der Waals surface area contributed by atoms with Gasteiger partial charge in [-0.15, -0.1) is 0 Å². The molecule has 0 aliphatic carbocycles. The number of carbonyl (C=O) groups is 2. The molecule has 1 aliphatic rings. The highest BCUT2D eigenvalue weighted by Gasteiger charge is 2.43. The molecule has 1 heterocycles. The molecule has 0 spiro atoms. The average Bonchev–Trinajstić information content (AvgIpc) is 2.74. The van der Waals surface area contributed by atoms with Crippen LogP contribution in [0.3, 0.4) is 0 Å². The summed E-state index contributed by atoms with van der Waals surface area (Å²) in [7, 11) is 0. The summed E-state index contributed by atoms with van der Waals surface area (Å²) in [6.45, 7) is 1.46. The van der Waals surface area contributed by atoms with Gasteiger partial charge < -0.3 is 0 Å². The smallest absolute Gasteiger partial charge is 0.279 e. The van der Waals surface area contributed by atoms with Crippen molar-refractivity contribution in [3.05, 3.63) is 46.0 Å². The van der Waals surface area contributed by atoms with Crippen LogP contribution in [0.25, 0.3) is 0 Å². The van der Waals surface area contributed by atoms with E-state index in [0.29, 0.717) is 28.0 Å². The zero-order chi connectivity index (χ0) is 18.9. The van der Waals surface area contributed by atoms with Gasteiger partial charge in [-0.25, -0.2) is 9.69 Å². The summed E-state index contributed by atoms with van der Waals surface area (Å²) >= 11 is 0. The minimum absolute atomic E-state index is 0.173. The summed E-state index contributed by atoms with van der Waals surface area (Å²) in [4.78, 5) is 35.1. The van der Waals surface area contributed by atoms with E-state index in [0.717, 1.165) is 0 Å². The molecule has 1 aliphatic heterocycles. The minimum Gasteiger partial charge on any atom is -0.279 e. The normalized spacial score (nSPS) is 15.6. The maximum absolute atomic E-state index is 12.9. The Morgan fingerprint density at radius 2 is 1.92 bits per heavy atom. The first kappa shape index (κ1) is 18.1. The molecule has 2 rings (SSSR count). The number of hydrogen-bond acceptors (Lipinski definition) is 5. The lowest BCUT2D eigenvalue weighted by Gasteiger charge is -2.17. The fourth-order valence-electron chi connectivity index (χ4n) is 2.13. The van der Waals surface area contributed by atoms with Crippen molar-refractivity contribution in [2.45, 2.75) is 13.1 Å². The van der Waals surface area contributed by atoms with Crippen molar-refractivity contribution in [3.8, 4) is 0 Å². The molecule has 0 bridgehead atoms. The van der Waals surface area contributed by atoms with Crippen molar-refractivity contribution in [1.29, 1.82) is 5.41 Å². The number of nitro benzene ring substituents is 1. The van der Waals surface area contributed by atoms with Gasteiger partial charge in [0, 0.05) is 18.7 Å². The molecule has 0 radical (unpaired) electrons. The number of anilines is 1. The number of imide groups is 1. The number of urea groups is 1. The van der Waals surface area contributed by atoms with Crippen LogP contribution in [0, 0.1) is 15.5 Å². The molecule has 11 heteroatoms. The molecular weight excluding hydrogens is 345 g/mol. The van der Waals surface area contributed by atoms with Crippen molar-refractivity contribution < 1.29 is 27.7 Å². The molecule has 0 unspecified atom stereocenters. The van der Waals surface area contributed by atoms with Gasteiger partial charge in [0.05, 0.1) is 16.2 Å². The Balaban J connectivity index is 2.55. The molecule has 1 aromatic carbocycles. The first-order valence-electron chi connectivity index (χ1n) is 6.80. The number of alkyl halides is 3. The van der Waals surface area contributed by atoms with Crippen LogP contribution in [0.1, 0.15) is 12.5 Å². The molecule has 0 aromatic heterocycles. The summed E-state index contributed by atoms with van der Waals surface area (Å²) in [5.41, 5.74) is -2.85. The van der Waals surface area contributed by atoms with Gasteiger partial charge >= 0.3 is 12.2 Å². The van der Waals surface area contributed by atoms with Crippen molar-refractivity contribution in [2.75, 3.05) is 11.4 Å². The van der Waals surface area contributed by atoms with Gasteiger partial charge in [-0.3, -0.25) is 25.2 Å². The molecule has 1 N–H and O–H groups in total. The van der Waals surface area contributed by atoms with Gasteiger partial charge in [-0.2, -0.15) is 13.2 Å². The predicted molar refractivity (Wildman–Crippen MR) is 80.2 cm³/mol. The maximum Gasteiger partial charge on any atom is 0.416 e. The molecule has 132 valence electrons. The lowest BCUT2D eigenvalue weighted by molar-refractivity contribution is -0.385. The quantitative estimate of drug-likeness (QED) is 0.387. The molecule has 8 nitrogen and oxygen atoms in total. The molecule has 1 fully saturated rings. The van der Waals surface area contributed by atoms with Gasteiger partial charge in [0.2, 0.25) is 5.84 Å². The number of halogens is 3. The monoisotopic (exact) mass is 356 g/mol. The molecule has 3 amide bonds. The van der Waals surface area contributed by atoms with E-state index in [4.69, 9.17) is 5.41 Å². The van der Waals surface area contributed by atoms with Crippen molar-refractivity contribution >= 4 is 29.1 Å². The van der Waals surface area contributed by atoms with Gasteiger partial charge in [0.15, 0.2) is 0 Å². The Kier molecular flexibility index (Phi) is 4.59. The van der Waals surface area contributed by atoms with Crippen LogP contribution >= 0.6 is 0 Å². The zero-order valence-electron chi connectivity index (χ0n) is 12.7. The fraction of sp³-hybridized carbons (Fsp3) is 0.214. The number of amidine groups is 1. The van der Waals surface area contributed by atoms with E-state index in [1.54, 1.807) is 13.0 Å². The lowest BCUT2D eigenvalue weighted by Crippen LogP contribution is -2.33. The third-order valence-corrected chi connectivity index (χ3v) is 3.32. The van der Waals surface area contributed by atoms with Crippen LogP contribution < -0.4 is 4.90 Å². The second kappa shape index (κ2) is 6.34. The van der Waals surface area contributed by atoms with Crippen LogP contribution in [0.4, 0.5) is 29.3 Å². The largest absolute Gasteiger partial charge is 0.416 e. The maximum atomic E-state index is 12.9. The number of nitrogens with zero attached hydrogens (tertiary/aromatic N) is 3. The third-order valence-electron chi connectivity index (χ3n) is 3.32. The molecule has 0 atom stereocenters. The summed E-state index contributed by atoms with van der Waals surface area (Å²) in [6, 6.07) is 0.439. The number of nitro groups is 1. The Morgan fingerprint density at radius 1 is 1.28 bits per heavy atom. The second-order valence-electron chi connectivity index (χ2n) is 4.94. The van der Waals surface area contributed by atoms with Crippen LogP contribution in [0.15, 0.2) is 30.4 Å². The Labute approximate surface area is 138 Å². The zero-order valence-corrected chi connectivity index (χ0v) is 12.7. The van der Waals surface area contributed by atoms with E-state index >= 15 is 0 Å². The molecular formula is C14H11F3N4O4. The Bertz CT molecular complexity index is 804. The molecule has 0 saturated carbocycles. The first-order chi connectivity index (χ1) is 11.6. The van der Waals surface area contributed by atoms with E-state index in [1.165, 1.54) is 6.08 Å². The van der Waals surface area contributed by atoms with Crippen LogP contribution in [0.2, 0.25) is 0 Å². The van der Waals surface area contributed by atoms with Crippen LogP contribution in [0.5, 0.6) is 0 Å². The van der Waals surface area contributed by atoms with Crippen LogP contribution in [-0.4, -0.2) is 34.1 Å². The van der Waals surface area contributed by atoms with E-state index in [9.17, 15) is 32.9 Å². The van der Waals surface area contributed by atoms with Crippen molar-refractivity contribution in [1.82, 2.24) is 4.90 Å². The number of nitrogens with one attached hydrogen (secondary N) is 1. The van der Waals surface area contributed by atoms with Crippen molar-refractivity contribution in [2.24, 2.45) is 0 Å². The van der Waals surface area contributed by atoms with E-state index < -0.39 is 45.8 Å². The van der Waals surface area contributed by atoms with E-state index in [1.807, 2.05) is 0 Å². The molecule has 1 aromatic rings. The summed E-state index contributed by atoms with van der Waals surface area (Å²) < 4.78 is 38.8. The molecule has 1 saturated heterocycles. The second-order valence-corrected chi connectivity index (χ2v) is 4.94. The van der Waals surface area contributed by atoms with E-state index in [-0.39, 0.29) is 6.54 Å². The highest BCUT2D eigenvalue weighted by Crippen LogP contribution is 2.36. The lowest BCUT2D eigenvalue weighted by atomic mass is 10.1. The predicted octanol–water partition coefficient (Wildman–Crippen LogP) is 2.94. The number of carbonyl (C=O) groups excluding carboxylic acids is 2. The Hall–Kier alpha value is -3.24. The highest BCUT2D eigenvalue weighted by atomic mass is 19.4. The topological polar surface area (TPSA) is 108 Å². The number of benzene rings is 1. The van der Waals surface area contributed by atoms with Crippen molar-refractivity contribution in [3.63, 3.8) is 0 Å². The molecule has 25 heavy (non-hydrogen) atoms. The number of amides is 3. The van der Waals surface area contributed by atoms with Gasteiger partial charge in [0.25, 0.3) is 11.6 Å². The van der Waals surface area contributed by atoms with Gasteiger partial charge in [0.1, 0.15) is 0 Å². The number of allylic oxidation sites excluding steroid dienone is 1. The Morgan fingerprint density at radius 3 is 2.44 bits per heavy atom. The van der Waals surface area contributed by atoms with Crippen LogP contribution in [-0.2, 0) is 11.0 Å². The van der Waals surface area contributed by atoms with Gasteiger partial charge in [-0.1, -0.05) is 12.2 Å². The summed E-state index contributed by atoms with van der Waals surface area (Å²) in [5, 5.41) is 18.6. The standard InChI is InChI=1S/C14H11F3N4O4/c1-2-3-4-19-12(22)11(18)20(13(19)23)9-5-8(14(15,16)17)6-10(7-9)21(24)25/h2-3,5-7,18H,4H2,1H3. The number of hydrogen-bond donors (Lipinski definition) is 1. The number of rotatable bonds is 4. The third kappa shape index (κ3) is 3.34. The minimum atomic E-state index is -4.90. The van der Waals surface area contributed by atoms with E-state index in [2.05, 4.69) is 0 Å².